The monoisotopic (exact) mass is 437 g/mol. The summed E-state index contributed by atoms with van der Waals surface area (Å²) in [6, 6.07) is 17.4. The summed E-state index contributed by atoms with van der Waals surface area (Å²) >= 11 is 0. The molecule has 0 bridgehead atoms. The molecule has 0 atom stereocenters. The van der Waals surface area contributed by atoms with Gasteiger partial charge >= 0.3 is 0 Å². The van der Waals surface area contributed by atoms with Crippen LogP contribution in [0.15, 0.2) is 59.7 Å². The fourth-order valence-corrected chi connectivity index (χ4v) is 3.18. The summed E-state index contributed by atoms with van der Waals surface area (Å²) in [5.74, 6) is 0.214. The number of nitrogens with zero attached hydrogens (tertiary/aromatic N) is 1. The van der Waals surface area contributed by atoms with Gasteiger partial charge in [0.15, 0.2) is 0 Å². The van der Waals surface area contributed by atoms with Gasteiger partial charge in [0.1, 0.15) is 12.4 Å². The van der Waals surface area contributed by atoms with Crippen LogP contribution in [0, 0.1) is 0 Å². The predicted molar refractivity (Wildman–Crippen MR) is 129 cm³/mol. The Morgan fingerprint density at radius 2 is 1.56 bits per heavy atom. The molecule has 0 fully saturated rings. The largest absolute Gasteiger partial charge is 0.488 e. The Balaban J connectivity index is 1.65. The van der Waals surface area contributed by atoms with Crippen LogP contribution in [0.5, 0.6) is 5.75 Å². The molecule has 32 heavy (non-hydrogen) atoms. The number of amides is 2. The average molecular weight is 438 g/mol. The van der Waals surface area contributed by atoms with E-state index in [1.165, 1.54) is 32.1 Å². The van der Waals surface area contributed by atoms with Gasteiger partial charge in [-0.05, 0) is 24.1 Å². The number of hydrazone groups is 1. The lowest BCUT2D eigenvalue weighted by atomic mass is 10.1. The minimum atomic E-state index is -0.364. The first kappa shape index (κ1) is 25.1. The molecule has 0 saturated carbocycles. The lowest BCUT2D eigenvalue weighted by molar-refractivity contribution is -0.126. The van der Waals surface area contributed by atoms with Gasteiger partial charge in [0.2, 0.25) is 5.91 Å². The van der Waals surface area contributed by atoms with E-state index in [2.05, 4.69) is 22.8 Å². The number of hydrogen-bond donors (Lipinski definition) is 2. The third-order valence-electron chi connectivity index (χ3n) is 5.00. The minimum absolute atomic E-state index is 0.0845. The molecule has 0 aliphatic carbocycles. The first-order valence-electron chi connectivity index (χ1n) is 11.5. The van der Waals surface area contributed by atoms with Gasteiger partial charge in [-0.25, -0.2) is 5.43 Å². The topological polar surface area (TPSA) is 79.8 Å². The van der Waals surface area contributed by atoms with Crippen LogP contribution in [0.1, 0.15) is 69.4 Å². The summed E-state index contributed by atoms with van der Waals surface area (Å²) in [5, 5.41) is 6.63. The molecule has 6 nitrogen and oxygen atoms in total. The Morgan fingerprint density at radius 1 is 0.875 bits per heavy atom. The molecule has 0 unspecified atom stereocenters. The van der Waals surface area contributed by atoms with Crippen molar-refractivity contribution in [3.8, 4) is 5.75 Å². The van der Waals surface area contributed by atoms with E-state index >= 15 is 0 Å². The molecule has 0 aromatic heterocycles. The summed E-state index contributed by atoms with van der Waals surface area (Å²) in [7, 11) is 0. The van der Waals surface area contributed by atoms with Crippen LogP contribution in [0.3, 0.4) is 0 Å². The van der Waals surface area contributed by atoms with Crippen LogP contribution in [-0.2, 0) is 16.2 Å². The van der Waals surface area contributed by atoms with E-state index in [1.807, 2.05) is 54.6 Å². The summed E-state index contributed by atoms with van der Waals surface area (Å²) in [4.78, 5) is 23.8. The highest BCUT2D eigenvalue weighted by Gasteiger charge is 2.05. The van der Waals surface area contributed by atoms with E-state index in [1.54, 1.807) is 6.21 Å². The van der Waals surface area contributed by atoms with Crippen molar-refractivity contribution in [3.05, 3.63) is 65.7 Å². The Labute approximate surface area is 191 Å². The fourth-order valence-electron chi connectivity index (χ4n) is 3.18. The van der Waals surface area contributed by atoms with Gasteiger partial charge in [-0.2, -0.15) is 5.10 Å². The van der Waals surface area contributed by atoms with Crippen molar-refractivity contribution in [2.75, 3.05) is 6.54 Å². The molecule has 2 rings (SSSR count). The standard InChI is InChI=1S/C26H35N3O3/c1-2-3-4-5-6-7-11-18-25(30)27-20-26(31)29-28-19-23-16-12-13-17-24(23)32-21-22-14-9-8-10-15-22/h8-10,12-17,19H,2-7,11,18,20-21H2,1H3,(H,27,30)(H,29,31)/b28-19-. The Hall–Kier alpha value is -3.15. The van der Waals surface area contributed by atoms with Crippen LogP contribution >= 0.6 is 0 Å². The molecule has 2 amide bonds. The number of para-hydroxylation sites is 1. The highest BCUT2D eigenvalue weighted by atomic mass is 16.5. The minimum Gasteiger partial charge on any atom is -0.488 e. The van der Waals surface area contributed by atoms with Gasteiger partial charge in [-0.1, -0.05) is 87.9 Å². The molecular weight excluding hydrogens is 402 g/mol. The van der Waals surface area contributed by atoms with E-state index in [4.69, 9.17) is 4.74 Å². The SMILES string of the molecule is CCCCCCCCCC(=O)NCC(=O)N/N=C\c1ccccc1OCc1ccccc1. The lowest BCUT2D eigenvalue weighted by Crippen LogP contribution is -2.34. The Kier molecular flexibility index (Phi) is 12.3. The summed E-state index contributed by atoms with van der Waals surface area (Å²) in [5.41, 5.74) is 4.27. The van der Waals surface area contributed by atoms with Gasteiger partial charge in [0.05, 0.1) is 12.8 Å². The molecule has 6 heteroatoms. The quantitative estimate of drug-likeness (QED) is 0.234. The van der Waals surface area contributed by atoms with Gasteiger partial charge in [0.25, 0.3) is 5.91 Å². The summed E-state index contributed by atoms with van der Waals surface area (Å²) in [6.45, 7) is 2.56. The number of ether oxygens (including phenoxy) is 1. The molecule has 2 N–H and O–H groups in total. The molecule has 0 aliphatic rings. The second-order valence-electron chi connectivity index (χ2n) is 7.75. The third-order valence-corrected chi connectivity index (χ3v) is 5.00. The maximum Gasteiger partial charge on any atom is 0.259 e. The van der Waals surface area contributed by atoms with Crippen molar-refractivity contribution in [1.29, 1.82) is 0 Å². The van der Waals surface area contributed by atoms with Crippen molar-refractivity contribution in [2.24, 2.45) is 5.10 Å². The molecule has 172 valence electrons. The summed E-state index contributed by atoms with van der Waals surface area (Å²) < 4.78 is 5.87. The molecule has 0 saturated heterocycles. The van der Waals surface area contributed by atoms with Gasteiger partial charge in [0, 0.05) is 12.0 Å². The van der Waals surface area contributed by atoms with Gasteiger partial charge in [-0.3, -0.25) is 9.59 Å². The smallest absolute Gasteiger partial charge is 0.259 e. The molecule has 0 spiro atoms. The van der Waals surface area contributed by atoms with Crippen LogP contribution in [0.2, 0.25) is 0 Å². The van der Waals surface area contributed by atoms with Crippen molar-refractivity contribution in [2.45, 2.75) is 64.9 Å². The number of hydrogen-bond acceptors (Lipinski definition) is 4. The number of nitrogens with one attached hydrogen (secondary N) is 2. The molecule has 2 aromatic rings. The van der Waals surface area contributed by atoms with Gasteiger partial charge < -0.3 is 10.1 Å². The first-order valence-corrected chi connectivity index (χ1v) is 11.5. The second-order valence-corrected chi connectivity index (χ2v) is 7.75. The van der Waals surface area contributed by atoms with Crippen molar-refractivity contribution >= 4 is 18.0 Å². The molecular formula is C26H35N3O3. The van der Waals surface area contributed by atoms with E-state index in [-0.39, 0.29) is 18.4 Å². The zero-order chi connectivity index (χ0) is 22.9. The lowest BCUT2D eigenvalue weighted by Gasteiger charge is -2.09. The Morgan fingerprint density at radius 3 is 2.34 bits per heavy atom. The van der Waals surface area contributed by atoms with Crippen molar-refractivity contribution < 1.29 is 14.3 Å². The first-order chi connectivity index (χ1) is 15.7. The third kappa shape index (κ3) is 10.8. The number of benzene rings is 2. The van der Waals surface area contributed by atoms with Crippen molar-refractivity contribution in [3.63, 3.8) is 0 Å². The molecule has 0 heterocycles. The molecule has 2 aromatic carbocycles. The number of unbranched alkanes of at least 4 members (excludes halogenated alkanes) is 6. The van der Waals surface area contributed by atoms with Crippen molar-refractivity contribution in [1.82, 2.24) is 10.7 Å². The predicted octanol–water partition coefficient (Wildman–Crippen LogP) is 4.97. The fraction of sp³-hybridized carbons (Fsp3) is 0.423. The average Bonchev–Trinajstić information content (AvgIpc) is 2.82. The number of rotatable bonds is 15. The maximum absolute atomic E-state index is 11.9. The Bertz CT molecular complexity index is 837. The highest BCUT2D eigenvalue weighted by molar-refractivity contribution is 5.87. The zero-order valence-corrected chi connectivity index (χ0v) is 19.0. The van der Waals surface area contributed by atoms with E-state index in [0.29, 0.717) is 18.8 Å². The maximum atomic E-state index is 11.9. The zero-order valence-electron chi connectivity index (χ0n) is 19.0. The molecule has 0 radical (unpaired) electrons. The molecule has 0 aliphatic heterocycles. The van der Waals surface area contributed by atoms with Crippen LogP contribution < -0.4 is 15.5 Å². The van der Waals surface area contributed by atoms with E-state index in [0.717, 1.165) is 24.0 Å². The van der Waals surface area contributed by atoms with Crippen LogP contribution in [0.25, 0.3) is 0 Å². The summed E-state index contributed by atoms with van der Waals surface area (Å²) in [6.07, 6.45) is 10.1. The van der Waals surface area contributed by atoms with Gasteiger partial charge in [-0.15, -0.1) is 0 Å². The second kappa shape index (κ2) is 15.6. The number of carbonyl (C=O) groups is 2. The van der Waals surface area contributed by atoms with E-state index < -0.39 is 0 Å². The van der Waals surface area contributed by atoms with Crippen LogP contribution in [-0.4, -0.2) is 24.6 Å². The number of carbonyl (C=O) groups excluding carboxylic acids is 2. The van der Waals surface area contributed by atoms with Crippen LogP contribution in [0.4, 0.5) is 0 Å². The van der Waals surface area contributed by atoms with E-state index in [9.17, 15) is 9.59 Å². The highest BCUT2D eigenvalue weighted by Crippen LogP contribution is 2.17. The normalized spacial score (nSPS) is 10.8.